The van der Waals surface area contributed by atoms with Crippen LogP contribution in [0.1, 0.15) is 61.8 Å². The molecule has 0 rings (SSSR count). The van der Waals surface area contributed by atoms with Crippen LogP contribution in [-0.2, 0) is 19.1 Å². The zero-order chi connectivity index (χ0) is 22.2. The SMILES string of the molecule is C#CC#CC#CC#CC#CC.C[C@@H](CC(=O)OC(C)(C)C)C(=O)OC(C)(C)C. The molecule has 0 aromatic carbocycles. The maximum Gasteiger partial charge on any atom is 0.309 e. The molecule has 0 spiro atoms. The first-order chi connectivity index (χ1) is 12.8. The van der Waals surface area contributed by atoms with Crippen LogP contribution in [0.4, 0.5) is 0 Å². The third kappa shape index (κ3) is 20.8. The molecule has 0 saturated heterocycles. The highest BCUT2D eigenvalue weighted by atomic mass is 16.6. The Morgan fingerprint density at radius 1 is 0.821 bits per heavy atom. The zero-order valence-electron chi connectivity index (χ0n) is 18.0. The Bertz CT molecular complexity index is 811. The molecule has 0 aliphatic heterocycles. The number of carbonyl (C=O) groups is 2. The van der Waals surface area contributed by atoms with Crippen molar-refractivity contribution in [3.8, 4) is 59.7 Å². The Balaban J connectivity index is 0. The Hall–Kier alpha value is -3.26. The van der Waals surface area contributed by atoms with Crippen LogP contribution in [0, 0.1) is 65.6 Å². The van der Waals surface area contributed by atoms with Gasteiger partial charge in [-0.1, -0.05) is 12.8 Å². The molecule has 0 radical (unpaired) electrons. The highest BCUT2D eigenvalue weighted by molar-refractivity contribution is 5.80. The number of carbonyl (C=O) groups excluding carboxylic acids is 2. The van der Waals surface area contributed by atoms with Crippen molar-refractivity contribution in [1.29, 1.82) is 0 Å². The van der Waals surface area contributed by atoms with Crippen LogP contribution < -0.4 is 0 Å². The van der Waals surface area contributed by atoms with Gasteiger partial charge in [0.15, 0.2) is 0 Å². The van der Waals surface area contributed by atoms with E-state index in [2.05, 4.69) is 53.3 Å². The first-order valence-corrected chi connectivity index (χ1v) is 8.64. The Labute approximate surface area is 170 Å². The predicted molar refractivity (Wildman–Crippen MR) is 111 cm³/mol. The molecule has 0 bridgehead atoms. The van der Waals surface area contributed by atoms with Gasteiger partial charge in [0, 0.05) is 0 Å². The van der Waals surface area contributed by atoms with Gasteiger partial charge in [0.2, 0.25) is 0 Å². The molecule has 0 aromatic heterocycles. The van der Waals surface area contributed by atoms with Crippen LogP contribution in [0.5, 0.6) is 0 Å². The Kier molecular flexibility index (Phi) is 13.4. The standard InChI is InChI=1S/C13H24O4.C11H4/c1-9(11(15)17-13(5,6)7)8-10(14)16-12(2,3)4;1-3-5-7-9-11-10-8-6-4-2/h9H,8H2,1-7H3;1H,2H3/t9-;/m0./s1. The molecular weight excluding hydrogens is 352 g/mol. The maximum absolute atomic E-state index is 11.6. The van der Waals surface area contributed by atoms with Gasteiger partial charge in [-0.15, -0.1) is 6.42 Å². The third-order valence-corrected chi connectivity index (χ3v) is 2.27. The lowest BCUT2D eigenvalue weighted by Crippen LogP contribution is -2.30. The smallest absolute Gasteiger partial charge is 0.309 e. The highest BCUT2D eigenvalue weighted by Gasteiger charge is 2.26. The molecule has 0 saturated carbocycles. The van der Waals surface area contributed by atoms with Crippen molar-refractivity contribution in [3.05, 3.63) is 0 Å². The van der Waals surface area contributed by atoms with Crippen LogP contribution >= 0.6 is 0 Å². The molecule has 0 N–H and O–H groups in total. The topological polar surface area (TPSA) is 52.6 Å². The van der Waals surface area contributed by atoms with Crippen LogP contribution in [0.25, 0.3) is 0 Å². The van der Waals surface area contributed by atoms with E-state index >= 15 is 0 Å². The van der Waals surface area contributed by atoms with Crippen LogP contribution in [0.2, 0.25) is 0 Å². The minimum absolute atomic E-state index is 0.0478. The summed E-state index contributed by atoms with van der Waals surface area (Å²) in [6.45, 7) is 14.1. The Morgan fingerprint density at radius 2 is 1.25 bits per heavy atom. The van der Waals surface area contributed by atoms with Gasteiger partial charge in [-0.25, -0.2) is 0 Å². The Morgan fingerprint density at radius 3 is 1.64 bits per heavy atom. The van der Waals surface area contributed by atoms with Crippen molar-refractivity contribution in [2.75, 3.05) is 0 Å². The van der Waals surface area contributed by atoms with Crippen molar-refractivity contribution >= 4 is 11.9 Å². The molecule has 0 aromatic rings. The van der Waals surface area contributed by atoms with Crippen molar-refractivity contribution < 1.29 is 19.1 Å². The molecule has 4 heteroatoms. The van der Waals surface area contributed by atoms with Crippen molar-refractivity contribution in [2.24, 2.45) is 5.92 Å². The fraction of sp³-hybridized carbons (Fsp3) is 0.500. The summed E-state index contributed by atoms with van der Waals surface area (Å²) in [6.07, 6.45) is 4.89. The molecule has 4 nitrogen and oxygen atoms in total. The third-order valence-electron chi connectivity index (χ3n) is 2.27. The lowest BCUT2D eigenvalue weighted by molar-refractivity contribution is -0.166. The van der Waals surface area contributed by atoms with E-state index in [1.807, 2.05) is 0 Å². The van der Waals surface area contributed by atoms with Gasteiger partial charge in [0.05, 0.1) is 12.3 Å². The normalized spacial score (nSPS) is 9.96. The summed E-state index contributed by atoms with van der Waals surface area (Å²) in [4.78, 5) is 23.1. The van der Waals surface area contributed by atoms with Gasteiger partial charge in [-0.2, -0.15) is 0 Å². The summed E-state index contributed by atoms with van der Waals surface area (Å²) in [6, 6.07) is 0. The van der Waals surface area contributed by atoms with Gasteiger partial charge in [0.25, 0.3) is 0 Å². The van der Waals surface area contributed by atoms with Crippen molar-refractivity contribution in [3.63, 3.8) is 0 Å². The number of terminal acetylenes is 1. The first kappa shape index (κ1) is 27.0. The molecule has 1 atom stereocenters. The van der Waals surface area contributed by atoms with Gasteiger partial charge in [0.1, 0.15) is 11.2 Å². The van der Waals surface area contributed by atoms with Crippen LogP contribution in [0.3, 0.4) is 0 Å². The quantitative estimate of drug-likeness (QED) is 0.557. The molecule has 0 aliphatic rings. The van der Waals surface area contributed by atoms with E-state index in [1.165, 1.54) is 0 Å². The van der Waals surface area contributed by atoms with Crippen molar-refractivity contribution in [2.45, 2.75) is 73.0 Å². The van der Waals surface area contributed by atoms with E-state index in [-0.39, 0.29) is 18.4 Å². The van der Waals surface area contributed by atoms with Crippen LogP contribution in [0.15, 0.2) is 0 Å². The average Bonchev–Trinajstić information content (AvgIpc) is 2.51. The fourth-order valence-electron chi connectivity index (χ4n) is 1.37. The molecule has 0 aliphatic carbocycles. The monoisotopic (exact) mass is 380 g/mol. The highest BCUT2D eigenvalue weighted by Crippen LogP contribution is 2.16. The summed E-state index contributed by atoms with van der Waals surface area (Å²) >= 11 is 0. The van der Waals surface area contributed by atoms with Gasteiger partial charge >= 0.3 is 11.9 Å². The predicted octanol–water partition coefficient (Wildman–Crippen LogP) is 3.35. The summed E-state index contributed by atoms with van der Waals surface area (Å²) in [5.74, 6) is 20.7. The summed E-state index contributed by atoms with van der Waals surface area (Å²) < 4.78 is 10.3. The number of ether oxygens (including phenoxy) is 2. The maximum atomic E-state index is 11.6. The van der Waals surface area contributed by atoms with Gasteiger partial charge in [-0.05, 0) is 95.8 Å². The summed E-state index contributed by atoms with van der Waals surface area (Å²) in [5, 5.41) is 0. The molecule has 0 amide bonds. The second-order valence-corrected chi connectivity index (χ2v) is 7.49. The van der Waals surface area contributed by atoms with E-state index in [4.69, 9.17) is 15.9 Å². The number of esters is 2. The van der Waals surface area contributed by atoms with Crippen molar-refractivity contribution in [1.82, 2.24) is 0 Å². The minimum atomic E-state index is -0.528. The van der Waals surface area contributed by atoms with Gasteiger partial charge in [-0.3, -0.25) is 9.59 Å². The number of hydrogen-bond acceptors (Lipinski definition) is 4. The second kappa shape index (κ2) is 13.9. The summed E-state index contributed by atoms with van der Waals surface area (Å²) in [5.41, 5.74) is -1.05. The van der Waals surface area contributed by atoms with E-state index in [0.29, 0.717) is 0 Å². The largest absolute Gasteiger partial charge is 0.460 e. The minimum Gasteiger partial charge on any atom is -0.460 e. The average molecular weight is 380 g/mol. The van der Waals surface area contributed by atoms with Gasteiger partial charge < -0.3 is 9.47 Å². The molecular formula is C24H28O4. The van der Waals surface area contributed by atoms with E-state index in [9.17, 15) is 9.59 Å². The molecule has 148 valence electrons. The molecule has 28 heavy (non-hydrogen) atoms. The molecule has 0 heterocycles. The lowest BCUT2D eigenvalue weighted by atomic mass is 10.1. The zero-order valence-corrected chi connectivity index (χ0v) is 18.0. The number of hydrogen-bond donors (Lipinski definition) is 0. The number of rotatable bonds is 3. The van der Waals surface area contributed by atoms with Crippen LogP contribution in [-0.4, -0.2) is 23.1 Å². The van der Waals surface area contributed by atoms with E-state index in [0.717, 1.165) is 0 Å². The molecule has 0 unspecified atom stereocenters. The second-order valence-electron chi connectivity index (χ2n) is 7.49. The first-order valence-electron chi connectivity index (χ1n) is 8.64. The molecule has 0 fully saturated rings. The van der Waals surface area contributed by atoms with E-state index in [1.54, 1.807) is 55.4 Å². The lowest BCUT2D eigenvalue weighted by Gasteiger charge is -2.23. The summed E-state index contributed by atoms with van der Waals surface area (Å²) in [7, 11) is 0. The van der Waals surface area contributed by atoms with E-state index < -0.39 is 17.1 Å². The fourth-order valence-corrected chi connectivity index (χ4v) is 1.37.